The number of sulfone groups is 1. The SMILES string of the molecule is N#CCN(Cc1ccccc1)C(=O)C(CCS(=O)(=O)c1ccccc1)C(N)=O. The molecule has 1 atom stereocenters. The van der Waals surface area contributed by atoms with E-state index in [1.807, 2.05) is 12.1 Å². The van der Waals surface area contributed by atoms with Crippen LogP contribution in [0, 0.1) is 17.2 Å². The summed E-state index contributed by atoms with van der Waals surface area (Å²) in [6.07, 6.45) is -0.248. The van der Waals surface area contributed by atoms with Crippen LogP contribution < -0.4 is 5.73 Å². The highest BCUT2D eigenvalue weighted by Gasteiger charge is 2.31. The van der Waals surface area contributed by atoms with E-state index in [4.69, 9.17) is 11.0 Å². The van der Waals surface area contributed by atoms with Crippen LogP contribution in [0.3, 0.4) is 0 Å². The summed E-state index contributed by atoms with van der Waals surface area (Å²) < 4.78 is 24.9. The molecule has 0 aliphatic rings. The lowest BCUT2D eigenvalue weighted by Crippen LogP contribution is -2.42. The summed E-state index contributed by atoms with van der Waals surface area (Å²) in [6.45, 7) is -0.106. The summed E-state index contributed by atoms with van der Waals surface area (Å²) in [7, 11) is -3.66. The molecule has 2 N–H and O–H groups in total. The number of benzene rings is 2. The van der Waals surface area contributed by atoms with Crippen LogP contribution in [-0.4, -0.2) is 37.4 Å². The van der Waals surface area contributed by atoms with Gasteiger partial charge in [-0.25, -0.2) is 8.42 Å². The Kier molecular flexibility index (Phi) is 7.29. The molecule has 0 aliphatic carbocycles. The van der Waals surface area contributed by atoms with E-state index < -0.39 is 33.3 Å². The van der Waals surface area contributed by atoms with E-state index in [0.717, 1.165) is 5.56 Å². The van der Waals surface area contributed by atoms with Crippen LogP contribution in [0.25, 0.3) is 0 Å². The molecular weight excluding hydrogens is 378 g/mol. The number of carbonyl (C=O) groups excluding carboxylic acids is 2. The maximum Gasteiger partial charge on any atom is 0.236 e. The molecule has 2 aromatic rings. The van der Waals surface area contributed by atoms with Gasteiger partial charge in [-0.3, -0.25) is 9.59 Å². The predicted octanol–water partition coefficient (Wildman–Crippen LogP) is 1.50. The average Bonchev–Trinajstić information content (AvgIpc) is 2.69. The van der Waals surface area contributed by atoms with E-state index in [-0.39, 0.29) is 24.4 Å². The zero-order valence-corrected chi connectivity index (χ0v) is 16.0. The molecule has 0 aromatic heterocycles. The molecule has 146 valence electrons. The van der Waals surface area contributed by atoms with Gasteiger partial charge in [-0.15, -0.1) is 0 Å². The van der Waals surface area contributed by atoms with Gasteiger partial charge in [0.25, 0.3) is 0 Å². The van der Waals surface area contributed by atoms with Crippen LogP contribution in [0.4, 0.5) is 0 Å². The van der Waals surface area contributed by atoms with Gasteiger partial charge in [0.15, 0.2) is 9.84 Å². The van der Waals surface area contributed by atoms with Crippen molar-refractivity contribution < 1.29 is 18.0 Å². The normalized spacial score (nSPS) is 12.0. The quantitative estimate of drug-likeness (QED) is 0.506. The maximum atomic E-state index is 12.8. The van der Waals surface area contributed by atoms with Crippen LogP contribution in [0.2, 0.25) is 0 Å². The van der Waals surface area contributed by atoms with Crippen molar-refractivity contribution in [3.63, 3.8) is 0 Å². The highest BCUT2D eigenvalue weighted by atomic mass is 32.2. The van der Waals surface area contributed by atoms with E-state index >= 15 is 0 Å². The standard InChI is InChI=1S/C20H21N3O4S/c21-12-13-23(15-16-7-3-1-4-8-16)20(25)18(19(22)24)11-14-28(26,27)17-9-5-2-6-10-17/h1-10,18H,11,13-15H2,(H2,22,24). The number of nitriles is 1. The fourth-order valence-electron chi connectivity index (χ4n) is 2.73. The van der Waals surface area contributed by atoms with Crippen molar-refractivity contribution in [2.45, 2.75) is 17.9 Å². The third kappa shape index (κ3) is 5.66. The third-order valence-corrected chi connectivity index (χ3v) is 5.97. The summed E-state index contributed by atoms with van der Waals surface area (Å²) in [5.41, 5.74) is 6.15. The number of carbonyl (C=O) groups is 2. The van der Waals surface area contributed by atoms with Gasteiger partial charge in [0, 0.05) is 6.54 Å². The molecule has 28 heavy (non-hydrogen) atoms. The fourth-order valence-corrected chi connectivity index (χ4v) is 4.08. The lowest BCUT2D eigenvalue weighted by molar-refractivity contribution is -0.141. The molecule has 2 amide bonds. The molecule has 8 heteroatoms. The Morgan fingerprint density at radius 2 is 1.61 bits per heavy atom. The summed E-state index contributed by atoms with van der Waals surface area (Å²) >= 11 is 0. The molecule has 0 radical (unpaired) electrons. The molecule has 2 aromatic carbocycles. The van der Waals surface area contributed by atoms with Crippen molar-refractivity contribution in [3.8, 4) is 6.07 Å². The number of hydrogen-bond acceptors (Lipinski definition) is 5. The largest absolute Gasteiger partial charge is 0.369 e. The Bertz CT molecular complexity index is 954. The smallest absolute Gasteiger partial charge is 0.236 e. The fraction of sp³-hybridized carbons (Fsp3) is 0.250. The molecular formula is C20H21N3O4S. The average molecular weight is 399 g/mol. The Morgan fingerprint density at radius 1 is 1.04 bits per heavy atom. The van der Waals surface area contributed by atoms with Gasteiger partial charge in [-0.05, 0) is 24.1 Å². The van der Waals surface area contributed by atoms with E-state index in [0.29, 0.717) is 0 Å². The Hall–Kier alpha value is -3.18. The summed E-state index contributed by atoms with van der Waals surface area (Å²) in [5, 5.41) is 9.04. The first-order valence-corrected chi connectivity index (χ1v) is 10.3. The van der Waals surface area contributed by atoms with Crippen molar-refractivity contribution in [2.75, 3.05) is 12.3 Å². The molecule has 0 aliphatic heterocycles. The van der Waals surface area contributed by atoms with Gasteiger partial charge in [0.2, 0.25) is 11.8 Å². The Labute approximate surface area is 164 Å². The second-order valence-corrected chi connectivity index (χ2v) is 8.32. The molecule has 7 nitrogen and oxygen atoms in total. The van der Waals surface area contributed by atoms with Gasteiger partial charge < -0.3 is 10.6 Å². The van der Waals surface area contributed by atoms with Crippen molar-refractivity contribution >= 4 is 21.7 Å². The molecule has 0 saturated heterocycles. The van der Waals surface area contributed by atoms with Crippen LogP contribution >= 0.6 is 0 Å². The van der Waals surface area contributed by atoms with E-state index in [1.54, 1.807) is 42.5 Å². The zero-order chi connectivity index (χ0) is 20.6. The van der Waals surface area contributed by atoms with Crippen LogP contribution in [0.15, 0.2) is 65.6 Å². The molecule has 1 unspecified atom stereocenters. The third-order valence-electron chi connectivity index (χ3n) is 4.21. The van der Waals surface area contributed by atoms with E-state index in [2.05, 4.69) is 0 Å². The number of nitrogens with two attached hydrogens (primary N) is 1. The van der Waals surface area contributed by atoms with E-state index in [9.17, 15) is 18.0 Å². The maximum absolute atomic E-state index is 12.8. The van der Waals surface area contributed by atoms with Gasteiger partial charge in [-0.1, -0.05) is 48.5 Å². The summed E-state index contributed by atoms with van der Waals surface area (Å²) in [6, 6.07) is 18.7. The van der Waals surface area contributed by atoms with Crippen LogP contribution in [-0.2, 0) is 26.0 Å². The lowest BCUT2D eigenvalue weighted by atomic mass is 10.0. The van der Waals surface area contributed by atoms with Crippen molar-refractivity contribution in [1.82, 2.24) is 4.90 Å². The van der Waals surface area contributed by atoms with Gasteiger partial charge in [0.1, 0.15) is 12.5 Å². The second kappa shape index (κ2) is 9.67. The number of rotatable bonds is 9. The van der Waals surface area contributed by atoms with Crippen molar-refractivity contribution in [3.05, 3.63) is 66.2 Å². The summed E-state index contributed by atoms with van der Waals surface area (Å²) in [5.74, 6) is -3.29. The Morgan fingerprint density at radius 3 is 2.14 bits per heavy atom. The van der Waals surface area contributed by atoms with Crippen LogP contribution in [0.1, 0.15) is 12.0 Å². The number of primary amides is 1. The monoisotopic (exact) mass is 399 g/mol. The minimum absolute atomic E-state index is 0.115. The highest BCUT2D eigenvalue weighted by molar-refractivity contribution is 7.91. The minimum Gasteiger partial charge on any atom is -0.369 e. The van der Waals surface area contributed by atoms with Gasteiger partial charge >= 0.3 is 0 Å². The minimum atomic E-state index is -3.66. The van der Waals surface area contributed by atoms with Crippen molar-refractivity contribution in [1.29, 1.82) is 5.26 Å². The second-order valence-electron chi connectivity index (χ2n) is 6.21. The van der Waals surface area contributed by atoms with Crippen molar-refractivity contribution in [2.24, 2.45) is 11.7 Å². The summed E-state index contributed by atoms with van der Waals surface area (Å²) in [4.78, 5) is 26.0. The van der Waals surface area contributed by atoms with Gasteiger partial charge in [-0.2, -0.15) is 5.26 Å². The number of hydrogen-bond donors (Lipinski definition) is 1. The van der Waals surface area contributed by atoms with Crippen LogP contribution in [0.5, 0.6) is 0 Å². The molecule has 0 spiro atoms. The first kappa shape index (κ1) is 21.1. The Balaban J connectivity index is 2.15. The number of amides is 2. The highest BCUT2D eigenvalue weighted by Crippen LogP contribution is 2.17. The zero-order valence-electron chi connectivity index (χ0n) is 15.2. The first-order chi connectivity index (χ1) is 13.3. The van der Waals surface area contributed by atoms with E-state index in [1.165, 1.54) is 17.0 Å². The molecule has 2 rings (SSSR count). The lowest BCUT2D eigenvalue weighted by Gasteiger charge is -2.24. The molecule has 0 saturated carbocycles. The molecule has 0 bridgehead atoms. The van der Waals surface area contributed by atoms with Gasteiger partial charge in [0.05, 0.1) is 16.7 Å². The predicted molar refractivity (Wildman–Crippen MR) is 103 cm³/mol. The molecule has 0 fully saturated rings. The number of nitrogens with zero attached hydrogens (tertiary/aromatic N) is 2. The first-order valence-electron chi connectivity index (χ1n) is 8.62. The topological polar surface area (TPSA) is 121 Å². The molecule has 0 heterocycles.